The van der Waals surface area contributed by atoms with Crippen LogP contribution >= 0.6 is 0 Å². The van der Waals surface area contributed by atoms with Crippen molar-refractivity contribution in [2.75, 3.05) is 6.54 Å². The highest BCUT2D eigenvalue weighted by atomic mass is 16.2. The molecule has 0 aliphatic carbocycles. The molecule has 1 aliphatic heterocycles. The van der Waals surface area contributed by atoms with Crippen molar-refractivity contribution in [3.63, 3.8) is 0 Å². The van der Waals surface area contributed by atoms with E-state index in [0.29, 0.717) is 13.0 Å². The minimum atomic E-state index is -0.217. The van der Waals surface area contributed by atoms with Gasteiger partial charge in [-0.3, -0.25) is 14.5 Å². The predicted molar refractivity (Wildman–Crippen MR) is 48.5 cm³/mol. The van der Waals surface area contributed by atoms with E-state index >= 15 is 0 Å². The maximum absolute atomic E-state index is 11.0. The van der Waals surface area contributed by atoms with Gasteiger partial charge in [0.2, 0.25) is 0 Å². The van der Waals surface area contributed by atoms with Gasteiger partial charge >= 0.3 is 0 Å². The van der Waals surface area contributed by atoms with Gasteiger partial charge in [-0.15, -0.1) is 12.3 Å². The SMILES string of the molecule is C#CCCCCN1C(=O)C=CC1=O. The Morgan fingerprint density at radius 3 is 2.38 bits per heavy atom. The Bertz CT molecular complexity index is 268. The van der Waals surface area contributed by atoms with Gasteiger partial charge < -0.3 is 0 Å². The molecule has 13 heavy (non-hydrogen) atoms. The lowest BCUT2D eigenvalue weighted by molar-refractivity contribution is -0.136. The Labute approximate surface area is 77.4 Å². The molecule has 0 saturated heterocycles. The second kappa shape index (κ2) is 4.46. The quantitative estimate of drug-likeness (QED) is 0.360. The van der Waals surface area contributed by atoms with Crippen LogP contribution in [0.25, 0.3) is 0 Å². The molecule has 2 amide bonds. The molecule has 0 aromatic rings. The van der Waals surface area contributed by atoms with E-state index < -0.39 is 0 Å². The number of amides is 2. The molecule has 0 aromatic carbocycles. The molecule has 1 aliphatic rings. The number of terminal acetylenes is 1. The standard InChI is InChI=1S/C10H11NO2/c1-2-3-4-5-8-11-9(12)6-7-10(11)13/h1,6-7H,3-5,8H2. The fourth-order valence-corrected chi connectivity index (χ4v) is 1.15. The number of nitrogens with zero attached hydrogens (tertiary/aromatic N) is 1. The first-order valence-corrected chi connectivity index (χ1v) is 4.22. The van der Waals surface area contributed by atoms with Gasteiger partial charge in [0.1, 0.15) is 0 Å². The molecule has 68 valence electrons. The first-order valence-electron chi connectivity index (χ1n) is 4.22. The fourth-order valence-electron chi connectivity index (χ4n) is 1.15. The van der Waals surface area contributed by atoms with Gasteiger partial charge in [0.15, 0.2) is 0 Å². The Hall–Kier alpha value is -1.56. The molecular formula is C10H11NO2. The molecule has 0 spiro atoms. The third kappa shape index (κ3) is 2.45. The second-order valence-corrected chi connectivity index (χ2v) is 2.82. The Morgan fingerprint density at radius 2 is 1.85 bits per heavy atom. The van der Waals surface area contributed by atoms with Crippen molar-refractivity contribution in [1.82, 2.24) is 4.90 Å². The molecule has 0 radical (unpaired) electrons. The lowest BCUT2D eigenvalue weighted by Crippen LogP contribution is -2.30. The third-order valence-corrected chi connectivity index (χ3v) is 1.85. The number of carbonyl (C=O) groups excluding carboxylic acids is 2. The summed E-state index contributed by atoms with van der Waals surface area (Å²) < 4.78 is 0. The fraction of sp³-hybridized carbons (Fsp3) is 0.400. The molecule has 1 rings (SSSR count). The molecule has 0 saturated carbocycles. The van der Waals surface area contributed by atoms with Crippen molar-refractivity contribution in [1.29, 1.82) is 0 Å². The van der Waals surface area contributed by atoms with Crippen LogP contribution in [0.2, 0.25) is 0 Å². The molecule has 0 atom stereocenters. The Balaban J connectivity index is 2.26. The summed E-state index contributed by atoms with van der Waals surface area (Å²) in [6.45, 7) is 0.479. The summed E-state index contributed by atoms with van der Waals surface area (Å²) in [5.41, 5.74) is 0. The number of unbranched alkanes of at least 4 members (excludes halogenated alkanes) is 2. The smallest absolute Gasteiger partial charge is 0.253 e. The summed E-state index contributed by atoms with van der Waals surface area (Å²) in [6, 6.07) is 0. The Morgan fingerprint density at radius 1 is 1.23 bits per heavy atom. The van der Waals surface area contributed by atoms with Crippen LogP contribution in [0, 0.1) is 12.3 Å². The van der Waals surface area contributed by atoms with Gasteiger partial charge in [-0.2, -0.15) is 0 Å². The van der Waals surface area contributed by atoms with Crippen molar-refractivity contribution in [2.45, 2.75) is 19.3 Å². The molecule has 3 nitrogen and oxygen atoms in total. The number of rotatable bonds is 4. The zero-order valence-electron chi connectivity index (χ0n) is 7.32. The molecule has 0 unspecified atom stereocenters. The van der Waals surface area contributed by atoms with Crippen LogP contribution in [0.1, 0.15) is 19.3 Å². The highest BCUT2D eigenvalue weighted by Crippen LogP contribution is 2.05. The van der Waals surface area contributed by atoms with Gasteiger partial charge in [-0.25, -0.2) is 0 Å². The summed E-state index contributed by atoms with van der Waals surface area (Å²) in [7, 11) is 0. The maximum Gasteiger partial charge on any atom is 0.253 e. The molecule has 3 heteroatoms. The van der Waals surface area contributed by atoms with Crippen molar-refractivity contribution < 1.29 is 9.59 Å². The van der Waals surface area contributed by atoms with Gasteiger partial charge in [-0.05, 0) is 12.8 Å². The molecule has 1 heterocycles. The molecular weight excluding hydrogens is 166 g/mol. The maximum atomic E-state index is 11.0. The normalized spacial score (nSPS) is 15.2. The first-order chi connectivity index (χ1) is 6.25. The average Bonchev–Trinajstić information content (AvgIpc) is 2.42. The number of carbonyl (C=O) groups is 2. The van der Waals surface area contributed by atoms with Crippen molar-refractivity contribution in [3.05, 3.63) is 12.2 Å². The zero-order valence-corrected chi connectivity index (χ0v) is 7.32. The summed E-state index contributed by atoms with van der Waals surface area (Å²) in [5.74, 6) is 2.08. The van der Waals surface area contributed by atoms with Gasteiger partial charge in [0.25, 0.3) is 11.8 Å². The molecule has 0 fully saturated rings. The summed E-state index contributed by atoms with van der Waals surface area (Å²) in [4.78, 5) is 23.3. The van der Waals surface area contributed by atoms with Crippen molar-refractivity contribution in [2.24, 2.45) is 0 Å². The van der Waals surface area contributed by atoms with Gasteiger partial charge in [-0.1, -0.05) is 0 Å². The number of hydrogen-bond donors (Lipinski definition) is 0. The lowest BCUT2D eigenvalue weighted by Gasteiger charge is -2.12. The average molecular weight is 177 g/mol. The lowest BCUT2D eigenvalue weighted by atomic mass is 10.2. The van der Waals surface area contributed by atoms with E-state index in [0.717, 1.165) is 12.8 Å². The monoisotopic (exact) mass is 177 g/mol. The van der Waals surface area contributed by atoms with E-state index in [4.69, 9.17) is 6.42 Å². The number of hydrogen-bond acceptors (Lipinski definition) is 2. The number of imide groups is 1. The molecule has 0 aromatic heterocycles. The van der Waals surface area contributed by atoms with E-state index in [2.05, 4.69) is 5.92 Å². The van der Waals surface area contributed by atoms with Gasteiger partial charge in [0.05, 0.1) is 0 Å². The van der Waals surface area contributed by atoms with Crippen LogP contribution in [-0.2, 0) is 9.59 Å². The van der Waals surface area contributed by atoms with Crippen LogP contribution in [0.15, 0.2) is 12.2 Å². The van der Waals surface area contributed by atoms with E-state index in [1.165, 1.54) is 17.1 Å². The molecule has 0 N–H and O–H groups in total. The minimum absolute atomic E-state index is 0.217. The van der Waals surface area contributed by atoms with Crippen LogP contribution < -0.4 is 0 Å². The first kappa shape index (κ1) is 9.53. The van der Waals surface area contributed by atoms with Gasteiger partial charge in [0, 0.05) is 25.1 Å². The minimum Gasteiger partial charge on any atom is -0.275 e. The summed E-state index contributed by atoms with van der Waals surface area (Å²) in [6.07, 6.45) is 9.99. The second-order valence-electron chi connectivity index (χ2n) is 2.82. The Kier molecular flexibility index (Phi) is 3.27. The van der Waals surface area contributed by atoms with E-state index in [9.17, 15) is 9.59 Å². The van der Waals surface area contributed by atoms with Crippen LogP contribution in [0.4, 0.5) is 0 Å². The zero-order chi connectivity index (χ0) is 9.68. The van der Waals surface area contributed by atoms with E-state index in [1.807, 2.05) is 0 Å². The topological polar surface area (TPSA) is 37.4 Å². The van der Waals surface area contributed by atoms with Crippen LogP contribution in [0.3, 0.4) is 0 Å². The van der Waals surface area contributed by atoms with Crippen LogP contribution in [-0.4, -0.2) is 23.3 Å². The summed E-state index contributed by atoms with van der Waals surface area (Å²) >= 11 is 0. The molecule has 0 bridgehead atoms. The van der Waals surface area contributed by atoms with Crippen molar-refractivity contribution in [3.8, 4) is 12.3 Å². The highest BCUT2D eigenvalue weighted by Gasteiger charge is 2.21. The predicted octanol–water partition coefficient (Wildman–Crippen LogP) is 0.715. The van der Waals surface area contributed by atoms with E-state index in [-0.39, 0.29) is 11.8 Å². The third-order valence-electron chi connectivity index (χ3n) is 1.85. The highest BCUT2D eigenvalue weighted by molar-refractivity contribution is 6.12. The van der Waals surface area contributed by atoms with Crippen molar-refractivity contribution >= 4 is 11.8 Å². The van der Waals surface area contributed by atoms with Crippen LogP contribution in [0.5, 0.6) is 0 Å². The van der Waals surface area contributed by atoms with E-state index in [1.54, 1.807) is 0 Å². The largest absolute Gasteiger partial charge is 0.275 e. The summed E-state index contributed by atoms with van der Waals surface area (Å²) in [5, 5.41) is 0.